The molecule has 1 aromatic carbocycles. The van der Waals surface area contributed by atoms with E-state index < -0.39 is 9.84 Å². The second-order valence-electron chi connectivity index (χ2n) is 4.07. The molecule has 5 nitrogen and oxygen atoms in total. The van der Waals surface area contributed by atoms with E-state index in [0.29, 0.717) is 35.3 Å². The first-order chi connectivity index (χ1) is 8.45. The Bertz CT molecular complexity index is 632. The summed E-state index contributed by atoms with van der Waals surface area (Å²) in [7, 11) is -3.37. The average Bonchev–Trinajstić information content (AvgIpc) is 2.80. The molecule has 0 amide bonds. The summed E-state index contributed by atoms with van der Waals surface area (Å²) in [6, 6.07) is 2.96. The van der Waals surface area contributed by atoms with Crippen molar-refractivity contribution in [3.63, 3.8) is 0 Å². The topological polar surface area (TPSA) is 72.5 Å². The lowest BCUT2D eigenvalue weighted by Gasteiger charge is -2.14. The van der Waals surface area contributed by atoms with E-state index in [1.807, 2.05) is 0 Å². The van der Waals surface area contributed by atoms with Crippen LogP contribution >= 0.6 is 0 Å². The summed E-state index contributed by atoms with van der Waals surface area (Å²) >= 11 is 0. The highest BCUT2D eigenvalue weighted by Gasteiger charge is 2.21. The minimum atomic E-state index is -3.37. The van der Waals surface area contributed by atoms with E-state index >= 15 is 0 Å². The maximum Gasteiger partial charge on any atom is 0.176 e. The van der Waals surface area contributed by atoms with Crippen molar-refractivity contribution in [1.82, 2.24) is 5.48 Å². The van der Waals surface area contributed by atoms with Gasteiger partial charge in [-0.3, -0.25) is 15.1 Å². The van der Waals surface area contributed by atoms with E-state index in [-0.39, 0.29) is 4.90 Å². The first-order valence-corrected chi connectivity index (χ1v) is 7.21. The van der Waals surface area contributed by atoms with Crippen molar-refractivity contribution in [3.05, 3.63) is 34.9 Å². The maximum atomic E-state index is 11.8. The Morgan fingerprint density at radius 1 is 1.39 bits per heavy atom. The molecule has 0 aromatic heterocycles. The Morgan fingerprint density at radius 2 is 2.11 bits per heavy atom. The second-order valence-corrected chi connectivity index (χ2v) is 6.06. The van der Waals surface area contributed by atoms with Gasteiger partial charge in [-0.15, -0.1) is 0 Å². The zero-order valence-electron chi connectivity index (χ0n) is 10.1. The Kier molecular flexibility index (Phi) is 3.23. The number of carbonyl (C=O) groups is 1. The number of hydrogen-bond donors (Lipinski definition) is 1. The van der Waals surface area contributed by atoms with Crippen molar-refractivity contribution < 1.29 is 18.0 Å². The molecule has 1 N–H and O–H groups in total. The van der Waals surface area contributed by atoms with Gasteiger partial charge in [0.05, 0.1) is 17.2 Å². The molecule has 96 valence electrons. The summed E-state index contributed by atoms with van der Waals surface area (Å²) in [5.41, 5.74) is 4.83. The summed E-state index contributed by atoms with van der Waals surface area (Å²) in [5.74, 6) is 0. The molecule has 1 aromatic rings. The van der Waals surface area contributed by atoms with Gasteiger partial charge in [-0.1, -0.05) is 6.07 Å². The molecule has 0 spiro atoms. The fraction of sp³-hybridized carbons (Fsp3) is 0.250. The Morgan fingerprint density at radius 3 is 2.61 bits per heavy atom. The molecule has 0 fully saturated rings. The summed E-state index contributed by atoms with van der Waals surface area (Å²) < 4.78 is 23.6. The molecule has 0 saturated carbocycles. The largest absolute Gasteiger partial charge is 0.298 e. The molecule has 0 radical (unpaired) electrons. The second kappa shape index (κ2) is 4.55. The van der Waals surface area contributed by atoms with Gasteiger partial charge in [0.1, 0.15) is 6.29 Å². The van der Waals surface area contributed by atoms with Crippen LogP contribution in [-0.4, -0.2) is 27.6 Å². The SMILES string of the molecule is Cc1c(C=O)ccc(S(C)(=O)=O)c1C1=CCON1. The van der Waals surface area contributed by atoms with Crippen LogP contribution in [0.3, 0.4) is 0 Å². The van der Waals surface area contributed by atoms with Crippen LogP contribution in [0.4, 0.5) is 0 Å². The van der Waals surface area contributed by atoms with Gasteiger partial charge in [0, 0.05) is 17.4 Å². The van der Waals surface area contributed by atoms with Gasteiger partial charge in [0.15, 0.2) is 9.84 Å². The van der Waals surface area contributed by atoms with Gasteiger partial charge in [-0.2, -0.15) is 0 Å². The van der Waals surface area contributed by atoms with Crippen molar-refractivity contribution in [3.8, 4) is 0 Å². The molecule has 0 atom stereocenters. The molecular weight excluding hydrogens is 254 g/mol. The minimum absolute atomic E-state index is 0.190. The van der Waals surface area contributed by atoms with E-state index in [9.17, 15) is 13.2 Å². The van der Waals surface area contributed by atoms with E-state index in [0.717, 1.165) is 6.26 Å². The molecule has 18 heavy (non-hydrogen) atoms. The fourth-order valence-corrected chi connectivity index (χ4v) is 2.86. The molecule has 0 bridgehead atoms. The zero-order valence-corrected chi connectivity index (χ0v) is 10.9. The smallest absolute Gasteiger partial charge is 0.176 e. The van der Waals surface area contributed by atoms with Crippen LogP contribution in [0.2, 0.25) is 0 Å². The minimum Gasteiger partial charge on any atom is -0.298 e. The van der Waals surface area contributed by atoms with E-state index in [1.165, 1.54) is 12.1 Å². The average molecular weight is 267 g/mol. The molecule has 0 saturated heterocycles. The van der Waals surface area contributed by atoms with E-state index in [1.54, 1.807) is 13.0 Å². The molecule has 1 heterocycles. The number of sulfone groups is 1. The van der Waals surface area contributed by atoms with Crippen LogP contribution in [0, 0.1) is 6.92 Å². The Labute approximate surface area is 105 Å². The molecule has 1 aliphatic heterocycles. The number of aldehydes is 1. The number of benzene rings is 1. The fourth-order valence-electron chi connectivity index (χ4n) is 1.91. The first kappa shape index (κ1) is 12.8. The maximum absolute atomic E-state index is 11.8. The monoisotopic (exact) mass is 267 g/mol. The van der Waals surface area contributed by atoms with Gasteiger partial charge >= 0.3 is 0 Å². The third-order valence-electron chi connectivity index (χ3n) is 2.82. The summed E-state index contributed by atoms with van der Waals surface area (Å²) in [4.78, 5) is 16.1. The number of hydrogen-bond acceptors (Lipinski definition) is 5. The number of hydroxylamine groups is 1. The van der Waals surface area contributed by atoms with Crippen LogP contribution in [-0.2, 0) is 14.7 Å². The van der Waals surface area contributed by atoms with Crippen LogP contribution in [0.15, 0.2) is 23.1 Å². The highest BCUT2D eigenvalue weighted by Crippen LogP contribution is 2.28. The van der Waals surface area contributed by atoms with Crippen LogP contribution in [0.1, 0.15) is 21.5 Å². The van der Waals surface area contributed by atoms with Crippen LogP contribution in [0.25, 0.3) is 5.70 Å². The van der Waals surface area contributed by atoms with Crippen molar-refractivity contribution in [2.24, 2.45) is 0 Å². The van der Waals surface area contributed by atoms with Gasteiger partial charge < -0.3 is 0 Å². The van der Waals surface area contributed by atoms with Gasteiger partial charge in [-0.25, -0.2) is 8.42 Å². The van der Waals surface area contributed by atoms with Crippen molar-refractivity contribution in [2.45, 2.75) is 11.8 Å². The third-order valence-corrected chi connectivity index (χ3v) is 3.96. The summed E-state index contributed by atoms with van der Waals surface area (Å²) in [5, 5.41) is 0. The molecule has 2 rings (SSSR count). The molecule has 0 unspecified atom stereocenters. The Hall–Kier alpha value is -1.66. The highest BCUT2D eigenvalue weighted by molar-refractivity contribution is 7.90. The van der Waals surface area contributed by atoms with Crippen molar-refractivity contribution in [1.29, 1.82) is 0 Å². The predicted molar refractivity (Wildman–Crippen MR) is 66.7 cm³/mol. The summed E-state index contributed by atoms with van der Waals surface area (Å²) in [6.45, 7) is 2.08. The van der Waals surface area contributed by atoms with Crippen molar-refractivity contribution >= 4 is 21.8 Å². The van der Waals surface area contributed by atoms with E-state index in [2.05, 4.69) is 5.48 Å². The third kappa shape index (κ3) is 2.16. The number of carbonyl (C=O) groups excluding carboxylic acids is 1. The van der Waals surface area contributed by atoms with Crippen LogP contribution in [0.5, 0.6) is 0 Å². The zero-order chi connectivity index (χ0) is 13.3. The highest BCUT2D eigenvalue weighted by atomic mass is 32.2. The standard InChI is InChI=1S/C12H13NO4S/c1-8-9(7-14)3-4-11(18(2,15)16)12(8)10-5-6-17-13-10/h3-5,7,13H,6H2,1-2H3. The molecule has 0 aliphatic carbocycles. The van der Waals surface area contributed by atoms with Gasteiger partial charge in [-0.05, 0) is 24.6 Å². The van der Waals surface area contributed by atoms with Crippen LogP contribution < -0.4 is 5.48 Å². The number of rotatable bonds is 3. The van der Waals surface area contributed by atoms with E-state index in [4.69, 9.17) is 4.84 Å². The molecular formula is C12H13NO4S. The quantitative estimate of drug-likeness (QED) is 0.830. The normalized spacial score (nSPS) is 15.1. The lowest BCUT2D eigenvalue weighted by molar-refractivity contribution is 0.112. The summed E-state index contributed by atoms with van der Waals surface area (Å²) in [6.07, 6.45) is 3.59. The first-order valence-electron chi connectivity index (χ1n) is 5.32. The lowest BCUT2D eigenvalue weighted by Crippen LogP contribution is -2.12. The molecule has 1 aliphatic rings. The molecule has 6 heteroatoms. The van der Waals surface area contributed by atoms with Crippen molar-refractivity contribution in [2.75, 3.05) is 12.9 Å². The predicted octanol–water partition coefficient (Wildman–Crippen LogP) is 1.09. The number of nitrogens with one attached hydrogen (secondary N) is 1. The van der Waals surface area contributed by atoms with Gasteiger partial charge in [0.2, 0.25) is 0 Å². The van der Waals surface area contributed by atoms with Gasteiger partial charge in [0.25, 0.3) is 0 Å². The lowest BCUT2D eigenvalue weighted by atomic mass is 10.0. The Balaban J connectivity index is 2.76.